The molecule has 2 atom stereocenters. The van der Waals surface area contributed by atoms with Crippen molar-refractivity contribution in [1.29, 1.82) is 0 Å². The van der Waals surface area contributed by atoms with Crippen molar-refractivity contribution in [3.05, 3.63) is 35.9 Å². The monoisotopic (exact) mass is 317 g/mol. The molecule has 3 rings (SSSR count). The van der Waals surface area contributed by atoms with Gasteiger partial charge in [0.1, 0.15) is 6.61 Å². The van der Waals surface area contributed by atoms with Crippen LogP contribution in [0.5, 0.6) is 0 Å². The number of rotatable bonds is 3. The summed E-state index contributed by atoms with van der Waals surface area (Å²) < 4.78 is 5.45. The van der Waals surface area contributed by atoms with Crippen LogP contribution in [0.2, 0.25) is 0 Å². The lowest BCUT2D eigenvalue weighted by Gasteiger charge is -2.26. The van der Waals surface area contributed by atoms with E-state index in [2.05, 4.69) is 4.90 Å². The van der Waals surface area contributed by atoms with Gasteiger partial charge in [-0.05, 0) is 31.2 Å². The summed E-state index contributed by atoms with van der Waals surface area (Å²) >= 11 is 0. The summed E-state index contributed by atoms with van der Waals surface area (Å²) in [5.41, 5.74) is 7.04. The molecular weight excluding hydrogens is 290 g/mol. The summed E-state index contributed by atoms with van der Waals surface area (Å²) in [6.45, 7) is 4.03. The summed E-state index contributed by atoms with van der Waals surface area (Å²) in [7, 11) is 0. The lowest BCUT2D eigenvalue weighted by atomic mass is 10.1. The Morgan fingerprint density at radius 3 is 2.70 bits per heavy atom. The molecule has 2 aliphatic heterocycles. The van der Waals surface area contributed by atoms with E-state index in [4.69, 9.17) is 10.5 Å². The minimum absolute atomic E-state index is 0.187. The fraction of sp³-hybridized carbons (Fsp3) is 0.611. The maximum absolute atomic E-state index is 12.3. The van der Waals surface area contributed by atoms with Crippen molar-refractivity contribution in [3.8, 4) is 0 Å². The number of likely N-dealkylation sites (tertiary alicyclic amines) is 2. The maximum atomic E-state index is 12.3. The van der Waals surface area contributed by atoms with Crippen LogP contribution in [0.4, 0.5) is 4.79 Å². The molecule has 23 heavy (non-hydrogen) atoms. The van der Waals surface area contributed by atoms with Crippen molar-refractivity contribution >= 4 is 6.09 Å². The lowest BCUT2D eigenvalue weighted by Crippen LogP contribution is -2.37. The molecule has 2 fully saturated rings. The molecule has 0 aromatic heterocycles. The van der Waals surface area contributed by atoms with Crippen LogP contribution in [-0.2, 0) is 11.3 Å². The highest BCUT2D eigenvalue weighted by atomic mass is 16.6. The lowest BCUT2D eigenvalue weighted by molar-refractivity contribution is 0.0964. The Kier molecular flexibility index (Phi) is 5.51. The van der Waals surface area contributed by atoms with E-state index in [1.165, 1.54) is 0 Å². The smallest absolute Gasteiger partial charge is 0.410 e. The molecule has 1 aromatic rings. The highest BCUT2D eigenvalue weighted by Gasteiger charge is 2.29. The van der Waals surface area contributed by atoms with Gasteiger partial charge in [0, 0.05) is 38.3 Å². The van der Waals surface area contributed by atoms with Crippen LogP contribution in [0.25, 0.3) is 0 Å². The molecule has 0 spiro atoms. The molecule has 2 saturated heterocycles. The molecule has 126 valence electrons. The zero-order valence-electron chi connectivity index (χ0n) is 13.7. The van der Waals surface area contributed by atoms with Crippen molar-refractivity contribution in [2.75, 3.05) is 26.2 Å². The van der Waals surface area contributed by atoms with Gasteiger partial charge in [-0.1, -0.05) is 30.3 Å². The van der Waals surface area contributed by atoms with Gasteiger partial charge in [0.2, 0.25) is 0 Å². The quantitative estimate of drug-likeness (QED) is 0.928. The van der Waals surface area contributed by atoms with Crippen LogP contribution in [0.1, 0.15) is 31.2 Å². The first-order valence-corrected chi connectivity index (χ1v) is 8.67. The highest BCUT2D eigenvalue weighted by molar-refractivity contribution is 5.67. The van der Waals surface area contributed by atoms with Gasteiger partial charge >= 0.3 is 6.09 Å². The number of hydrogen-bond donors (Lipinski definition) is 1. The van der Waals surface area contributed by atoms with E-state index < -0.39 is 0 Å². The number of nitrogens with two attached hydrogens (primary N) is 1. The Bertz CT molecular complexity index is 508. The van der Waals surface area contributed by atoms with E-state index in [1.807, 2.05) is 35.2 Å². The Morgan fingerprint density at radius 2 is 1.96 bits per heavy atom. The van der Waals surface area contributed by atoms with Gasteiger partial charge in [0.25, 0.3) is 0 Å². The van der Waals surface area contributed by atoms with E-state index >= 15 is 0 Å². The topological polar surface area (TPSA) is 58.8 Å². The molecule has 2 aliphatic rings. The Labute approximate surface area is 138 Å². The molecule has 0 saturated carbocycles. The molecular formula is C18H27N3O2. The van der Waals surface area contributed by atoms with Crippen LogP contribution in [0.3, 0.4) is 0 Å². The summed E-state index contributed by atoms with van der Waals surface area (Å²) in [6, 6.07) is 10.7. The van der Waals surface area contributed by atoms with Crippen molar-refractivity contribution in [3.63, 3.8) is 0 Å². The van der Waals surface area contributed by atoms with Crippen LogP contribution in [0, 0.1) is 0 Å². The fourth-order valence-electron chi connectivity index (χ4n) is 3.58. The van der Waals surface area contributed by atoms with Crippen LogP contribution in [-0.4, -0.2) is 54.2 Å². The van der Waals surface area contributed by atoms with Gasteiger partial charge in [-0.15, -0.1) is 0 Å². The molecule has 0 bridgehead atoms. The van der Waals surface area contributed by atoms with Gasteiger partial charge in [0.05, 0.1) is 0 Å². The second-order valence-electron chi connectivity index (χ2n) is 6.66. The summed E-state index contributed by atoms with van der Waals surface area (Å²) in [4.78, 5) is 16.6. The second-order valence-corrected chi connectivity index (χ2v) is 6.66. The minimum atomic E-state index is -0.187. The van der Waals surface area contributed by atoms with Crippen molar-refractivity contribution < 1.29 is 9.53 Å². The first-order valence-electron chi connectivity index (χ1n) is 8.67. The first kappa shape index (κ1) is 16.3. The first-order chi connectivity index (χ1) is 11.2. The standard InChI is InChI=1S/C18H27N3O2/c19-16-8-11-21(13-16)17-7-4-10-20(12-9-17)18(22)23-14-15-5-2-1-3-6-15/h1-3,5-6,16-17H,4,7-14,19H2/t16?,17-/m1/s1. The number of nitrogens with zero attached hydrogens (tertiary/aromatic N) is 2. The third-order valence-corrected chi connectivity index (χ3v) is 4.93. The molecule has 2 heterocycles. The van der Waals surface area contributed by atoms with E-state index in [-0.39, 0.29) is 6.09 Å². The third kappa shape index (κ3) is 4.45. The van der Waals surface area contributed by atoms with Gasteiger partial charge in [-0.25, -0.2) is 4.79 Å². The van der Waals surface area contributed by atoms with Crippen molar-refractivity contribution in [2.45, 2.75) is 44.4 Å². The molecule has 0 radical (unpaired) electrons. The Balaban J connectivity index is 1.46. The van der Waals surface area contributed by atoms with Crippen molar-refractivity contribution in [1.82, 2.24) is 9.80 Å². The number of amides is 1. The Morgan fingerprint density at radius 1 is 1.13 bits per heavy atom. The number of ether oxygens (including phenoxy) is 1. The van der Waals surface area contributed by atoms with Crippen LogP contribution >= 0.6 is 0 Å². The normalized spacial score (nSPS) is 26.0. The maximum Gasteiger partial charge on any atom is 0.410 e. The number of benzene rings is 1. The zero-order chi connectivity index (χ0) is 16.1. The summed E-state index contributed by atoms with van der Waals surface area (Å²) in [5, 5.41) is 0. The number of carbonyl (C=O) groups excluding carboxylic acids is 1. The van der Waals surface area contributed by atoms with E-state index in [9.17, 15) is 4.79 Å². The molecule has 1 aromatic carbocycles. The van der Waals surface area contributed by atoms with Gasteiger partial charge in [-0.2, -0.15) is 0 Å². The Hall–Kier alpha value is -1.59. The molecule has 1 unspecified atom stereocenters. The average Bonchev–Trinajstić information content (AvgIpc) is 2.86. The summed E-state index contributed by atoms with van der Waals surface area (Å²) in [6.07, 6.45) is 4.12. The SMILES string of the molecule is NC1CCN([C@@H]2CCCN(C(=O)OCc3ccccc3)CC2)C1. The third-order valence-electron chi connectivity index (χ3n) is 4.93. The van der Waals surface area contributed by atoms with E-state index in [0.717, 1.165) is 57.4 Å². The molecule has 5 heteroatoms. The zero-order valence-corrected chi connectivity index (χ0v) is 13.7. The van der Waals surface area contributed by atoms with Crippen LogP contribution < -0.4 is 5.73 Å². The molecule has 2 N–H and O–H groups in total. The minimum Gasteiger partial charge on any atom is -0.445 e. The van der Waals surface area contributed by atoms with Crippen LogP contribution in [0.15, 0.2) is 30.3 Å². The average molecular weight is 317 g/mol. The number of hydrogen-bond acceptors (Lipinski definition) is 4. The van der Waals surface area contributed by atoms with Gasteiger partial charge in [0.15, 0.2) is 0 Å². The predicted octanol–water partition coefficient (Wildman–Crippen LogP) is 2.21. The van der Waals surface area contributed by atoms with Crippen molar-refractivity contribution in [2.24, 2.45) is 5.73 Å². The van der Waals surface area contributed by atoms with E-state index in [0.29, 0.717) is 18.7 Å². The largest absolute Gasteiger partial charge is 0.445 e. The molecule has 5 nitrogen and oxygen atoms in total. The van der Waals surface area contributed by atoms with Gasteiger partial charge < -0.3 is 15.4 Å². The molecule has 0 aliphatic carbocycles. The fourth-order valence-corrected chi connectivity index (χ4v) is 3.58. The second kappa shape index (κ2) is 7.79. The highest BCUT2D eigenvalue weighted by Crippen LogP contribution is 2.21. The van der Waals surface area contributed by atoms with E-state index in [1.54, 1.807) is 0 Å². The predicted molar refractivity (Wildman–Crippen MR) is 90.0 cm³/mol. The molecule has 1 amide bonds. The van der Waals surface area contributed by atoms with Gasteiger partial charge in [-0.3, -0.25) is 4.90 Å². The summed E-state index contributed by atoms with van der Waals surface area (Å²) in [5.74, 6) is 0. The number of carbonyl (C=O) groups is 1.